The SMILES string of the molecule is CCOCCCn1c([C@H](C)O)nc2ccccc21. The summed E-state index contributed by atoms with van der Waals surface area (Å²) in [5.74, 6) is 0.729. The number of rotatable bonds is 6. The van der Waals surface area contributed by atoms with Crippen molar-refractivity contribution in [2.24, 2.45) is 0 Å². The maximum Gasteiger partial charge on any atom is 0.138 e. The summed E-state index contributed by atoms with van der Waals surface area (Å²) in [6, 6.07) is 7.97. The van der Waals surface area contributed by atoms with Crippen LogP contribution in [0.1, 0.15) is 32.2 Å². The molecular weight excluding hydrogens is 228 g/mol. The Hall–Kier alpha value is -1.39. The molecule has 98 valence electrons. The van der Waals surface area contributed by atoms with Gasteiger partial charge in [-0.25, -0.2) is 4.98 Å². The summed E-state index contributed by atoms with van der Waals surface area (Å²) in [6.45, 7) is 6.05. The van der Waals surface area contributed by atoms with Crippen LogP contribution in [0.2, 0.25) is 0 Å². The van der Waals surface area contributed by atoms with Crippen LogP contribution in [-0.2, 0) is 11.3 Å². The number of aliphatic hydroxyl groups is 1. The van der Waals surface area contributed by atoms with Crippen molar-refractivity contribution in [3.05, 3.63) is 30.1 Å². The molecule has 0 unspecified atom stereocenters. The number of para-hydroxylation sites is 2. The fourth-order valence-electron chi connectivity index (χ4n) is 2.12. The van der Waals surface area contributed by atoms with Crippen molar-refractivity contribution in [3.8, 4) is 0 Å². The highest BCUT2D eigenvalue weighted by atomic mass is 16.5. The number of aliphatic hydroxyl groups excluding tert-OH is 1. The number of hydrogen-bond donors (Lipinski definition) is 1. The van der Waals surface area contributed by atoms with Crippen molar-refractivity contribution in [1.29, 1.82) is 0 Å². The van der Waals surface area contributed by atoms with E-state index in [-0.39, 0.29) is 0 Å². The van der Waals surface area contributed by atoms with Crippen LogP contribution in [0.5, 0.6) is 0 Å². The molecule has 0 aliphatic carbocycles. The first kappa shape index (κ1) is 13.1. The highest BCUT2D eigenvalue weighted by Crippen LogP contribution is 2.20. The maximum atomic E-state index is 9.79. The topological polar surface area (TPSA) is 47.3 Å². The Morgan fingerprint density at radius 3 is 2.89 bits per heavy atom. The molecule has 0 saturated heterocycles. The van der Waals surface area contributed by atoms with E-state index in [9.17, 15) is 5.11 Å². The predicted octanol–water partition coefficient (Wildman–Crippen LogP) is 2.52. The lowest BCUT2D eigenvalue weighted by atomic mass is 10.3. The fraction of sp³-hybridized carbons (Fsp3) is 0.500. The fourth-order valence-corrected chi connectivity index (χ4v) is 2.12. The Morgan fingerprint density at radius 2 is 2.17 bits per heavy atom. The lowest BCUT2D eigenvalue weighted by Gasteiger charge is -2.10. The summed E-state index contributed by atoms with van der Waals surface area (Å²) in [7, 11) is 0. The normalized spacial score (nSPS) is 13.1. The monoisotopic (exact) mass is 248 g/mol. The van der Waals surface area contributed by atoms with Crippen molar-refractivity contribution in [1.82, 2.24) is 9.55 Å². The molecule has 0 aliphatic heterocycles. The molecule has 4 nitrogen and oxygen atoms in total. The first-order valence-electron chi connectivity index (χ1n) is 6.45. The molecule has 2 rings (SSSR count). The number of fused-ring (bicyclic) bond motifs is 1. The Bertz CT molecular complexity index is 505. The molecule has 0 aliphatic rings. The van der Waals surface area contributed by atoms with Crippen LogP contribution >= 0.6 is 0 Å². The molecule has 0 saturated carbocycles. The van der Waals surface area contributed by atoms with Crippen LogP contribution in [0, 0.1) is 0 Å². The number of aryl methyl sites for hydroxylation is 1. The first-order chi connectivity index (χ1) is 8.74. The molecule has 0 spiro atoms. The van der Waals surface area contributed by atoms with E-state index in [4.69, 9.17) is 4.74 Å². The van der Waals surface area contributed by atoms with Gasteiger partial charge in [-0.1, -0.05) is 12.1 Å². The van der Waals surface area contributed by atoms with Crippen molar-refractivity contribution in [3.63, 3.8) is 0 Å². The van der Waals surface area contributed by atoms with Crippen molar-refractivity contribution in [2.75, 3.05) is 13.2 Å². The van der Waals surface area contributed by atoms with E-state index in [1.54, 1.807) is 6.92 Å². The number of aromatic nitrogens is 2. The van der Waals surface area contributed by atoms with E-state index in [2.05, 4.69) is 9.55 Å². The average molecular weight is 248 g/mol. The second-order valence-electron chi connectivity index (χ2n) is 4.34. The van der Waals surface area contributed by atoms with Crippen LogP contribution in [0.4, 0.5) is 0 Å². The van der Waals surface area contributed by atoms with Crippen LogP contribution < -0.4 is 0 Å². The zero-order valence-corrected chi connectivity index (χ0v) is 11.0. The third-order valence-electron chi connectivity index (χ3n) is 2.93. The van der Waals surface area contributed by atoms with Gasteiger partial charge in [-0.3, -0.25) is 0 Å². The van der Waals surface area contributed by atoms with E-state index in [1.807, 2.05) is 31.2 Å². The zero-order valence-electron chi connectivity index (χ0n) is 11.0. The van der Waals surface area contributed by atoms with Crippen LogP contribution in [-0.4, -0.2) is 27.9 Å². The number of imidazole rings is 1. The van der Waals surface area contributed by atoms with Crippen LogP contribution in [0.3, 0.4) is 0 Å². The molecule has 2 aromatic rings. The highest BCUT2D eigenvalue weighted by molar-refractivity contribution is 5.75. The molecule has 0 fully saturated rings. The summed E-state index contributed by atoms with van der Waals surface area (Å²) < 4.78 is 7.43. The minimum atomic E-state index is -0.551. The number of nitrogens with zero attached hydrogens (tertiary/aromatic N) is 2. The highest BCUT2D eigenvalue weighted by Gasteiger charge is 2.13. The number of hydrogen-bond acceptors (Lipinski definition) is 3. The average Bonchev–Trinajstić information content (AvgIpc) is 2.74. The minimum absolute atomic E-state index is 0.551. The van der Waals surface area contributed by atoms with Gasteiger partial charge in [0.1, 0.15) is 11.9 Å². The standard InChI is InChI=1S/C14H20N2O2/c1-3-18-10-6-9-16-13-8-5-4-7-12(13)15-14(16)11(2)17/h4-5,7-8,11,17H,3,6,9-10H2,1-2H3/t11-/m0/s1. The van der Waals surface area contributed by atoms with Gasteiger partial charge in [0.15, 0.2) is 0 Å². The van der Waals surface area contributed by atoms with E-state index in [0.717, 1.165) is 43.0 Å². The molecule has 0 bridgehead atoms. The van der Waals surface area contributed by atoms with Crippen LogP contribution in [0.15, 0.2) is 24.3 Å². The van der Waals surface area contributed by atoms with Gasteiger partial charge in [0, 0.05) is 19.8 Å². The lowest BCUT2D eigenvalue weighted by Crippen LogP contribution is -2.09. The summed E-state index contributed by atoms with van der Waals surface area (Å²) >= 11 is 0. The van der Waals surface area contributed by atoms with E-state index in [1.165, 1.54) is 0 Å². The summed E-state index contributed by atoms with van der Waals surface area (Å²) in [5, 5.41) is 9.79. The third-order valence-corrected chi connectivity index (χ3v) is 2.93. The van der Waals surface area contributed by atoms with Gasteiger partial charge < -0.3 is 14.4 Å². The number of benzene rings is 1. The van der Waals surface area contributed by atoms with E-state index < -0.39 is 6.10 Å². The molecular formula is C14H20N2O2. The summed E-state index contributed by atoms with van der Waals surface area (Å²) in [5.41, 5.74) is 2.01. The Balaban J connectivity index is 2.24. The van der Waals surface area contributed by atoms with Crippen molar-refractivity contribution in [2.45, 2.75) is 32.9 Å². The van der Waals surface area contributed by atoms with E-state index in [0.29, 0.717) is 0 Å². The van der Waals surface area contributed by atoms with Crippen molar-refractivity contribution < 1.29 is 9.84 Å². The molecule has 4 heteroatoms. The Kier molecular flexibility index (Phi) is 4.33. The molecule has 0 radical (unpaired) electrons. The second-order valence-corrected chi connectivity index (χ2v) is 4.34. The zero-order chi connectivity index (χ0) is 13.0. The molecule has 0 amide bonds. The Morgan fingerprint density at radius 1 is 1.39 bits per heavy atom. The molecule has 1 heterocycles. The van der Waals surface area contributed by atoms with Gasteiger partial charge in [-0.05, 0) is 32.4 Å². The smallest absolute Gasteiger partial charge is 0.138 e. The minimum Gasteiger partial charge on any atom is -0.385 e. The lowest BCUT2D eigenvalue weighted by molar-refractivity contribution is 0.139. The summed E-state index contributed by atoms with van der Waals surface area (Å²) in [6.07, 6.45) is 0.373. The van der Waals surface area contributed by atoms with Gasteiger partial charge in [0.2, 0.25) is 0 Å². The van der Waals surface area contributed by atoms with Gasteiger partial charge >= 0.3 is 0 Å². The summed E-state index contributed by atoms with van der Waals surface area (Å²) in [4.78, 5) is 4.48. The molecule has 1 atom stereocenters. The van der Waals surface area contributed by atoms with Crippen molar-refractivity contribution >= 4 is 11.0 Å². The van der Waals surface area contributed by atoms with Gasteiger partial charge in [-0.2, -0.15) is 0 Å². The molecule has 1 N–H and O–H groups in total. The van der Waals surface area contributed by atoms with Crippen LogP contribution in [0.25, 0.3) is 11.0 Å². The van der Waals surface area contributed by atoms with Gasteiger partial charge in [0.25, 0.3) is 0 Å². The third kappa shape index (κ3) is 2.71. The maximum absolute atomic E-state index is 9.79. The molecule has 1 aromatic heterocycles. The quantitative estimate of drug-likeness (QED) is 0.799. The second kappa shape index (κ2) is 5.98. The largest absolute Gasteiger partial charge is 0.385 e. The van der Waals surface area contributed by atoms with Gasteiger partial charge in [-0.15, -0.1) is 0 Å². The molecule has 18 heavy (non-hydrogen) atoms. The number of ether oxygens (including phenoxy) is 1. The predicted molar refractivity (Wildman–Crippen MR) is 71.5 cm³/mol. The first-order valence-corrected chi connectivity index (χ1v) is 6.45. The van der Waals surface area contributed by atoms with Gasteiger partial charge in [0.05, 0.1) is 11.0 Å². The molecule has 1 aromatic carbocycles. The van der Waals surface area contributed by atoms with E-state index >= 15 is 0 Å². The Labute approximate surface area is 107 Å².